The molecule has 0 unspecified atom stereocenters. The van der Waals surface area contributed by atoms with Crippen LogP contribution in [0.4, 0.5) is 0 Å². The maximum atomic E-state index is 9.58. The van der Waals surface area contributed by atoms with Gasteiger partial charge in [-0.2, -0.15) is 0 Å². The maximum absolute atomic E-state index is 9.58. The van der Waals surface area contributed by atoms with Crippen molar-refractivity contribution in [2.45, 2.75) is 0 Å². The molecule has 0 heterocycles. The van der Waals surface area contributed by atoms with Crippen LogP contribution in [0.3, 0.4) is 0 Å². The van der Waals surface area contributed by atoms with Gasteiger partial charge in [-0.1, -0.05) is 72.8 Å². The molecule has 0 aromatic heterocycles. The van der Waals surface area contributed by atoms with Gasteiger partial charge in [0.05, 0.1) is 0 Å². The minimum absolute atomic E-state index is 0.175. The van der Waals surface area contributed by atoms with Crippen LogP contribution in [0.1, 0.15) is 0 Å². The topological polar surface area (TPSA) is 142 Å². The number of hydrogen-bond donors (Lipinski definition) is 7. The van der Waals surface area contributed by atoms with Gasteiger partial charge in [0.15, 0.2) is 0 Å². The standard InChI is InChI=1S/2C12H10O2.BH3O3/c2*13-11-7-3-1-5-9(11)10-6-2-4-8-12(10)14;2-1(3)4/h2*1-8,13-14H;2-4H. The van der Waals surface area contributed by atoms with E-state index in [2.05, 4.69) is 0 Å². The Labute approximate surface area is 185 Å². The van der Waals surface area contributed by atoms with Crippen molar-refractivity contribution in [2.24, 2.45) is 0 Å². The third-order valence-electron chi connectivity index (χ3n) is 4.20. The lowest BCUT2D eigenvalue weighted by Crippen LogP contribution is -2.07. The number of benzene rings is 4. The Morgan fingerprint density at radius 2 is 0.500 bits per heavy atom. The molecule has 4 aromatic carbocycles. The Morgan fingerprint density at radius 3 is 0.656 bits per heavy atom. The zero-order valence-corrected chi connectivity index (χ0v) is 16.9. The average molecular weight is 434 g/mol. The fraction of sp³-hybridized carbons (Fsp3) is 0. The Balaban J connectivity index is 0.000000195. The summed E-state index contributed by atoms with van der Waals surface area (Å²) in [6.45, 7) is 0. The second-order valence-corrected chi connectivity index (χ2v) is 6.42. The largest absolute Gasteiger partial charge is 0.631 e. The number of rotatable bonds is 2. The summed E-state index contributed by atoms with van der Waals surface area (Å²) in [6, 6.07) is 27.7. The molecule has 0 aliphatic rings. The lowest BCUT2D eigenvalue weighted by molar-refractivity contribution is 0.278. The second kappa shape index (κ2) is 12.0. The molecule has 0 atom stereocenters. The van der Waals surface area contributed by atoms with Crippen molar-refractivity contribution in [3.63, 3.8) is 0 Å². The van der Waals surface area contributed by atoms with Gasteiger partial charge in [0, 0.05) is 22.3 Å². The highest BCUT2D eigenvalue weighted by Gasteiger charge is 2.07. The van der Waals surface area contributed by atoms with Crippen LogP contribution in [0, 0.1) is 0 Å². The van der Waals surface area contributed by atoms with Gasteiger partial charge in [0.2, 0.25) is 0 Å². The number of para-hydroxylation sites is 4. The highest BCUT2D eigenvalue weighted by molar-refractivity contribution is 6.30. The van der Waals surface area contributed by atoms with Gasteiger partial charge >= 0.3 is 7.32 Å². The Hall–Kier alpha value is -3.98. The van der Waals surface area contributed by atoms with Gasteiger partial charge in [-0.15, -0.1) is 0 Å². The lowest BCUT2D eigenvalue weighted by Gasteiger charge is -2.05. The predicted octanol–water partition coefficient (Wildman–Crippen LogP) is 3.48. The molecule has 0 bridgehead atoms. The van der Waals surface area contributed by atoms with E-state index in [1.165, 1.54) is 0 Å². The minimum atomic E-state index is -2.17. The van der Waals surface area contributed by atoms with Crippen molar-refractivity contribution >= 4 is 7.32 Å². The van der Waals surface area contributed by atoms with Gasteiger partial charge in [-0.25, -0.2) is 0 Å². The molecule has 4 rings (SSSR count). The fourth-order valence-corrected chi connectivity index (χ4v) is 2.81. The molecule has 0 aliphatic carbocycles. The SMILES string of the molecule is OB(O)O.Oc1ccccc1-c1ccccc1O.Oc1ccccc1-c1ccccc1O. The summed E-state index contributed by atoms with van der Waals surface area (Å²) in [5.74, 6) is 0.700. The third kappa shape index (κ3) is 7.07. The first-order chi connectivity index (χ1) is 15.3. The van der Waals surface area contributed by atoms with E-state index in [1.54, 1.807) is 72.8 Å². The van der Waals surface area contributed by atoms with Gasteiger partial charge in [0.1, 0.15) is 23.0 Å². The van der Waals surface area contributed by atoms with Crippen LogP contribution in [-0.2, 0) is 0 Å². The Morgan fingerprint density at radius 1 is 0.344 bits per heavy atom. The molecule has 7 nitrogen and oxygen atoms in total. The number of hydrogen-bond acceptors (Lipinski definition) is 7. The summed E-state index contributed by atoms with van der Waals surface area (Å²) < 4.78 is 0. The molecule has 0 amide bonds. The molecule has 0 fully saturated rings. The number of phenolic OH excluding ortho intramolecular Hbond substituents is 4. The second-order valence-electron chi connectivity index (χ2n) is 6.42. The van der Waals surface area contributed by atoms with E-state index in [1.807, 2.05) is 24.3 Å². The van der Waals surface area contributed by atoms with E-state index in [4.69, 9.17) is 15.1 Å². The average Bonchev–Trinajstić information content (AvgIpc) is 2.76. The molecule has 0 aliphatic heterocycles. The zero-order chi connectivity index (χ0) is 23.5. The van der Waals surface area contributed by atoms with Crippen molar-refractivity contribution in [2.75, 3.05) is 0 Å². The summed E-state index contributed by atoms with van der Waals surface area (Å²) in [6.07, 6.45) is 0. The van der Waals surface area contributed by atoms with Crippen molar-refractivity contribution < 1.29 is 35.5 Å². The van der Waals surface area contributed by atoms with Crippen LogP contribution in [-0.4, -0.2) is 42.8 Å². The molecular formula is C24H23BO7. The van der Waals surface area contributed by atoms with Gasteiger partial charge in [0.25, 0.3) is 0 Å². The predicted molar refractivity (Wildman–Crippen MR) is 123 cm³/mol. The summed E-state index contributed by atoms with van der Waals surface area (Å²) in [4.78, 5) is 0. The van der Waals surface area contributed by atoms with Crippen LogP contribution in [0.15, 0.2) is 97.1 Å². The van der Waals surface area contributed by atoms with E-state index >= 15 is 0 Å². The molecule has 8 heteroatoms. The van der Waals surface area contributed by atoms with Crippen molar-refractivity contribution in [3.8, 4) is 45.3 Å². The van der Waals surface area contributed by atoms with E-state index in [-0.39, 0.29) is 23.0 Å². The maximum Gasteiger partial charge on any atom is 0.631 e. The highest BCUT2D eigenvalue weighted by Crippen LogP contribution is 2.35. The van der Waals surface area contributed by atoms with E-state index < -0.39 is 7.32 Å². The van der Waals surface area contributed by atoms with Crippen LogP contribution in [0.2, 0.25) is 0 Å². The molecule has 164 valence electrons. The fourth-order valence-electron chi connectivity index (χ4n) is 2.81. The summed E-state index contributed by atoms with van der Waals surface area (Å²) in [5, 5.41) is 59.8. The van der Waals surface area contributed by atoms with Crippen LogP contribution in [0.5, 0.6) is 23.0 Å². The van der Waals surface area contributed by atoms with Gasteiger partial charge in [-0.3, -0.25) is 0 Å². The van der Waals surface area contributed by atoms with E-state index in [0.717, 1.165) is 0 Å². The quantitative estimate of drug-likeness (QED) is 0.240. The summed E-state index contributed by atoms with van der Waals surface area (Å²) >= 11 is 0. The van der Waals surface area contributed by atoms with Crippen LogP contribution in [0.25, 0.3) is 22.3 Å². The van der Waals surface area contributed by atoms with E-state index in [9.17, 15) is 20.4 Å². The molecule has 4 aromatic rings. The van der Waals surface area contributed by atoms with Crippen molar-refractivity contribution in [1.29, 1.82) is 0 Å². The molecule has 0 saturated heterocycles. The molecule has 0 saturated carbocycles. The summed E-state index contributed by atoms with van der Waals surface area (Å²) in [7, 11) is -2.17. The first-order valence-corrected chi connectivity index (χ1v) is 9.48. The Kier molecular flexibility index (Phi) is 9.13. The minimum Gasteiger partial charge on any atom is -0.507 e. The highest BCUT2D eigenvalue weighted by atomic mass is 16.5. The lowest BCUT2D eigenvalue weighted by atomic mass is 10.0. The molecule has 0 spiro atoms. The normalized spacial score (nSPS) is 9.59. The van der Waals surface area contributed by atoms with Crippen LogP contribution >= 0.6 is 0 Å². The Bertz CT molecular complexity index is 956. The first kappa shape index (κ1) is 24.3. The van der Waals surface area contributed by atoms with Crippen molar-refractivity contribution in [1.82, 2.24) is 0 Å². The van der Waals surface area contributed by atoms with Gasteiger partial charge < -0.3 is 35.5 Å². The zero-order valence-electron chi connectivity index (χ0n) is 16.9. The van der Waals surface area contributed by atoms with E-state index in [0.29, 0.717) is 22.3 Å². The van der Waals surface area contributed by atoms with Crippen LogP contribution < -0.4 is 0 Å². The summed E-state index contributed by atoms with van der Waals surface area (Å²) in [5.41, 5.74) is 2.58. The van der Waals surface area contributed by atoms with Gasteiger partial charge in [-0.05, 0) is 24.3 Å². The molecule has 7 N–H and O–H groups in total. The smallest absolute Gasteiger partial charge is 0.507 e. The first-order valence-electron chi connectivity index (χ1n) is 9.48. The number of phenols is 4. The molecule has 32 heavy (non-hydrogen) atoms. The molecular weight excluding hydrogens is 411 g/mol. The monoisotopic (exact) mass is 434 g/mol. The third-order valence-corrected chi connectivity index (χ3v) is 4.20. The molecule has 0 radical (unpaired) electrons. The van der Waals surface area contributed by atoms with Crippen molar-refractivity contribution in [3.05, 3.63) is 97.1 Å². The number of aromatic hydroxyl groups is 4.